The van der Waals surface area contributed by atoms with Gasteiger partial charge in [0.1, 0.15) is 0 Å². The summed E-state index contributed by atoms with van der Waals surface area (Å²) in [5, 5.41) is 0. The fraction of sp³-hybridized carbons (Fsp3) is 1.00. The molecule has 0 amide bonds. The molecule has 2 aliphatic rings. The predicted octanol–water partition coefficient (Wildman–Crippen LogP) is 1.56. The van der Waals surface area contributed by atoms with Gasteiger partial charge in [-0.2, -0.15) is 4.31 Å². The number of rotatable bonds is 7. The second-order valence-corrected chi connectivity index (χ2v) is 11.9. The van der Waals surface area contributed by atoms with Crippen LogP contribution < -0.4 is 4.72 Å². The minimum atomic E-state index is -3.42. The zero-order valence-corrected chi connectivity index (χ0v) is 18.0. The summed E-state index contributed by atoms with van der Waals surface area (Å²) in [5.74, 6) is 1.41. The van der Waals surface area contributed by atoms with Crippen LogP contribution in [0.4, 0.5) is 0 Å². The van der Waals surface area contributed by atoms with Crippen molar-refractivity contribution in [2.45, 2.75) is 70.6 Å². The summed E-state index contributed by atoms with van der Waals surface area (Å²) >= 11 is 0. The summed E-state index contributed by atoms with van der Waals surface area (Å²) in [6.07, 6.45) is 7.91. The van der Waals surface area contributed by atoms with Crippen LogP contribution in [-0.4, -0.2) is 65.0 Å². The van der Waals surface area contributed by atoms with Gasteiger partial charge in [0.05, 0.1) is 31.3 Å². The van der Waals surface area contributed by atoms with Crippen LogP contribution in [0.5, 0.6) is 0 Å². The summed E-state index contributed by atoms with van der Waals surface area (Å²) in [6, 6.07) is -0.934. The maximum atomic E-state index is 12.2. The molecule has 2 rings (SSSR count). The van der Waals surface area contributed by atoms with Gasteiger partial charge in [0.25, 0.3) is 0 Å². The van der Waals surface area contributed by atoms with Gasteiger partial charge in [-0.1, -0.05) is 13.8 Å². The smallest absolute Gasteiger partial charge is 0.211 e. The first-order valence-electron chi connectivity index (χ1n) is 9.53. The van der Waals surface area contributed by atoms with Gasteiger partial charge >= 0.3 is 0 Å². The molecule has 0 unspecified atom stereocenters. The van der Waals surface area contributed by atoms with Crippen molar-refractivity contribution in [1.82, 2.24) is 9.03 Å². The van der Waals surface area contributed by atoms with E-state index in [9.17, 15) is 16.8 Å². The maximum absolute atomic E-state index is 12.2. The first-order chi connectivity index (χ1) is 12.0. The molecule has 26 heavy (non-hydrogen) atoms. The van der Waals surface area contributed by atoms with Crippen molar-refractivity contribution in [3.63, 3.8) is 0 Å². The monoisotopic (exact) mass is 410 g/mol. The summed E-state index contributed by atoms with van der Waals surface area (Å²) in [4.78, 5) is 0. The highest BCUT2D eigenvalue weighted by molar-refractivity contribution is 7.89. The Morgan fingerprint density at radius 1 is 1.04 bits per heavy atom. The molecule has 1 aliphatic heterocycles. The fourth-order valence-electron chi connectivity index (χ4n) is 4.21. The first kappa shape index (κ1) is 22.1. The topological polar surface area (TPSA) is 92.8 Å². The third-order valence-corrected chi connectivity index (χ3v) is 7.72. The van der Waals surface area contributed by atoms with Crippen LogP contribution in [0.3, 0.4) is 0 Å². The molecule has 2 atom stereocenters. The summed E-state index contributed by atoms with van der Waals surface area (Å²) in [6.45, 7) is 5.14. The molecule has 7 nitrogen and oxygen atoms in total. The molecule has 0 aromatic carbocycles. The third-order valence-electron chi connectivity index (χ3n) is 5.68. The third kappa shape index (κ3) is 6.44. The van der Waals surface area contributed by atoms with Crippen LogP contribution in [0.2, 0.25) is 0 Å². The van der Waals surface area contributed by atoms with E-state index >= 15 is 0 Å². The van der Waals surface area contributed by atoms with Crippen molar-refractivity contribution in [1.29, 1.82) is 0 Å². The lowest BCUT2D eigenvalue weighted by Crippen LogP contribution is -2.58. The maximum Gasteiger partial charge on any atom is 0.211 e. The van der Waals surface area contributed by atoms with Crippen molar-refractivity contribution in [2.75, 3.05) is 25.7 Å². The standard InChI is InChI=1S/C17H34N2O5S2/c1-13(2)14-7-9-15(10-8-14)24-12-17-16(18-25(3,20)21)6-5-11-19(17)26(4,22)23/h13-18H,5-12H2,1-4H3/t14?,15?,16-,17-/m0/s1. The van der Waals surface area contributed by atoms with Crippen LogP contribution >= 0.6 is 0 Å². The Hall–Kier alpha value is -0.220. The Morgan fingerprint density at radius 2 is 1.65 bits per heavy atom. The lowest BCUT2D eigenvalue weighted by molar-refractivity contribution is -0.0172. The molecule has 0 spiro atoms. The number of hydrogen-bond acceptors (Lipinski definition) is 5. The molecule has 1 aliphatic carbocycles. The van der Waals surface area contributed by atoms with Crippen LogP contribution in [0, 0.1) is 11.8 Å². The summed E-state index contributed by atoms with van der Waals surface area (Å²) < 4.78 is 57.8. The molecule has 0 radical (unpaired) electrons. The lowest BCUT2D eigenvalue weighted by Gasteiger charge is -2.40. The van der Waals surface area contributed by atoms with Gasteiger partial charge < -0.3 is 4.74 Å². The Balaban J connectivity index is 2.02. The average molecular weight is 411 g/mol. The molecule has 0 aromatic rings. The summed E-state index contributed by atoms with van der Waals surface area (Å²) in [5.41, 5.74) is 0. The van der Waals surface area contributed by atoms with Gasteiger partial charge in [0.2, 0.25) is 20.0 Å². The molecule has 1 heterocycles. The van der Waals surface area contributed by atoms with Crippen molar-refractivity contribution >= 4 is 20.0 Å². The van der Waals surface area contributed by atoms with E-state index < -0.39 is 32.1 Å². The molecule has 154 valence electrons. The number of nitrogens with one attached hydrogen (secondary N) is 1. The van der Waals surface area contributed by atoms with Crippen molar-refractivity contribution in [3.05, 3.63) is 0 Å². The number of hydrogen-bond donors (Lipinski definition) is 1. The van der Waals surface area contributed by atoms with E-state index in [4.69, 9.17) is 4.74 Å². The molecule has 1 saturated heterocycles. The van der Waals surface area contributed by atoms with Crippen LogP contribution in [0.1, 0.15) is 52.4 Å². The molecule has 2 fully saturated rings. The van der Waals surface area contributed by atoms with Gasteiger partial charge in [-0.25, -0.2) is 21.6 Å². The first-order valence-corrected chi connectivity index (χ1v) is 13.3. The van der Waals surface area contributed by atoms with Crippen molar-refractivity contribution in [3.8, 4) is 0 Å². The van der Waals surface area contributed by atoms with Gasteiger partial charge in [-0.3, -0.25) is 0 Å². The molecule has 1 saturated carbocycles. The minimum Gasteiger partial charge on any atom is -0.376 e. The molecule has 1 N–H and O–H groups in total. The average Bonchev–Trinajstić information content (AvgIpc) is 2.51. The van der Waals surface area contributed by atoms with E-state index in [0.717, 1.165) is 37.9 Å². The zero-order valence-electron chi connectivity index (χ0n) is 16.3. The number of ether oxygens (including phenoxy) is 1. The van der Waals surface area contributed by atoms with Crippen molar-refractivity contribution in [2.24, 2.45) is 11.8 Å². The van der Waals surface area contributed by atoms with E-state index in [-0.39, 0.29) is 12.7 Å². The fourth-order valence-corrected chi connectivity index (χ4v) is 6.19. The molecular formula is C17H34N2O5S2. The number of nitrogens with zero attached hydrogens (tertiary/aromatic N) is 1. The largest absolute Gasteiger partial charge is 0.376 e. The second kappa shape index (κ2) is 8.86. The van der Waals surface area contributed by atoms with E-state index in [1.165, 1.54) is 10.6 Å². The lowest BCUT2D eigenvalue weighted by atomic mass is 9.80. The Kier molecular flexibility index (Phi) is 7.52. The van der Waals surface area contributed by atoms with E-state index in [0.29, 0.717) is 25.3 Å². The Bertz CT molecular complexity index is 655. The number of piperidine rings is 1. The van der Waals surface area contributed by atoms with Gasteiger partial charge in [0.15, 0.2) is 0 Å². The van der Waals surface area contributed by atoms with Crippen LogP contribution in [0.25, 0.3) is 0 Å². The quantitative estimate of drug-likeness (QED) is 0.687. The van der Waals surface area contributed by atoms with E-state index in [2.05, 4.69) is 18.6 Å². The highest BCUT2D eigenvalue weighted by Gasteiger charge is 2.38. The second-order valence-electron chi connectivity index (χ2n) is 8.19. The Labute approximate surface area is 159 Å². The minimum absolute atomic E-state index is 0.132. The Morgan fingerprint density at radius 3 is 2.15 bits per heavy atom. The summed E-state index contributed by atoms with van der Waals surface area (Å²) in [7, 11) is -6.83. The molecule has 9 heteroatoms. The molecular weight excluding hydrogens is 376 g/mol. The molecule has 0 bridgehead atoms. The normalized spacial score (nSPS) is 32.0. The van der Waals surface area contributed by atoms with Gasteiger partial charge in [-0.05, 0) is 50.4 Å². The SMILES string of the molecule is CC(C)C1CCC(OC[C@H]2[C@@H](NS(C)(=O)=O)CCCN2S(C)(=O)=O)CC1. The highest BCUT2D eigenvalue weighted by atomic mass is 32.2. The van der Waals surface area contributed by atoms with E-state index in [1.807, 2.05) is 0 Å². The number of sulfonamides is 2. The van der Waals surface area contributed by atoms with Crippen LogP contribution in [0.15, 0.2) is 0 Å². The predicted molar refractivity (Wildman–Crippen MR) is 103 cm³/mol. The van der Waals surface area contributed by atoms with Crippen LogP contribution in [-0.2, 0) is 24.8 Å². The molecule has 0 aromatic heterocycles. The van der Waals surface area contributed by atoms with E-state index in [1.54, 1.807) is 0 Å². The van der Waals surface area contributed by atoms with Gasteiger partial charge in [-0.15, -0.1) is 0 Å². The highest BCUT2D eigenvalue weighted by Crippen LogP contribution is 2.32. The zero-order chi connectivity index (χ0) is 19.5. The van der Waals surface area contributed by atoms with Crippen molar-refractivity contribution < 1.29 is 21.6 Å². The van der Waals surface area contributed by atoms with Gasteiger partial charge in [0, 0.05) is 12.6 Å².